The summed E-state index contributed by atoms with van der Waals surface area (Å²) in [7, 11) is 0. The zero-order chi connectivity index (χ0) is 17.8. The fraction of sp³-hybridized carbons (Fsp3) is 0.222. The van der Waals surface area contributed by atoms with Crippen LogP contribution in [-0.4, -0.2) is 39.8 Å². The average molecular weight is 338 g/mol. The Labute approximate surface area is 144 Å². The van der Waals surface area contributed by atoms with E-state index >= 15 is 0 Å². The maximum atomic E-state index is 12.2. The van der Waals surface area contributed by atoms with E-state index in [1.165, 1.54) is 6.20 Å². The monoisotopic (exact) mass is 338 g/mol. The maximum Gasteiger partial charge on any atom is 0.325 e. The van der Waals surface area contributed by atoms with E-state index in [-0.39, 0.29) is 19.1 Å². The number of carbonyl (C=O) groups is 2. The highest BCUT2D eigenvalue weighted by atomic mass is 16.5. The van der Waals surface area contributed by atoms with E-state index in [1.54, 1.807) is 18.5 Å². The molecule has 0 atom stereocenters. The standard InChI is InChI=1S/C18H18N4O3/c1-3-25-17(23)11-19-18(24)14-10-20-22(12(14)2)16-9-8-13-6-4-5-7-15(13)21-16/h4-10H,3,11H2,1-2H3,(H,19,24). The molecule has 0 aliphatic rings. The number of esters is 1. The van der Waals surface area contributed by atoms with Crippen molar-refractivity contribution in [3.05, 3.63) is 53.9 Å². The van der Waals surface area contributed by atoms with Crippen molar-refractivity contribution in [2.75, 3.05) is 13.2 Å². The largest absolute Gasteiger partial charge is 0.465 e. The summed E-state index contributed by atoms with van der Waals surface area (Å²) in [4.78, 5) is 28.2. The minimum Gasteiger partial charge on any atom is -0.465 e. The minimum atomic E-state index is -0.475. The van der Waals surface area contributed by atoms with Gasteiger partial charge in [0.25, 0.3) is 5.91 Å². The van der Waals surface area contributed by atoms with Gasteiger partial charge in [0.05, 0.1) is 29.6 Å². The van der Waals surface area contributed by atoms with Crippen molar-refractivity contribution >= 4 is 22.8 Å². The Balaban J connectivity index is 1.82. The van der Waals surface area contributed by atoms with Gasteiger partial charge in [-0.15, -0.1) is 0 Å². The smallest absolute Gasteiger partial charge is 0.325 e. The maximum absolute atomic E-state index is 12.2. The summed E-state index contributed by atoms with van der Waals surface area (Å²) >= 11 is 0. The Morgan fingerprint density at radius 3 is 2.80 bits per heavy atom. The summed E-state index contributed by atoms with van der Waals surface area (Å²) < 4.78 is 6.39. The predicted octanol–water partition coefficient (Wildman–Crippen LogP) is 2.02. The molecule has 1 amide bonds. The number of amides is 1. The Morgan fingerprint density at radius 1 is 1.20 bits per heavy atom. The molecule has 1 N–H and O–H groups in total. The number of para-hydroxylation sites is 1. The molecule has 0 spiro atoms. The van der Waals surface area contributed by atoms with Crippen molar-refractivity contribution in [3.63, 3.8) is 0 Å². The van der Waals surface area contributed by atoms with Crippen molar-refractivity contribution < 1.29 is 14.3 Å². The number of hydrogen-bond donors (Lipinski definition) is 1. The molecule has 0 aliphatic carbocycles. The Bertz CT molecular complexity index is 933. The summed E-state index contributed by atoms with van der Waals surface area (Å²) in [5.74, 6) is -0.227. The van der Waals surface area contributed by atoms with E-state index in [0.29, 0.717) is 17.1 Å². The van der Waals surface area contributed by atoms with E-state index in [9.17, 15) is 9.59 Å². The van der Waals surface area contributed by atoms with Crippen LogP contribution in [0.4, 0.5) is 0 Å². The third-order valence-corrected chi connectivity index (χ3v) is 3.75. The van der Waals surface area contributed by atoms with E-state index in [1.807, 2.05) is 36.4 Å². The van der Waals surface area contributed by atoms with Crippen LogP contribution in [0.2, 0.25) is 0 Å². The van der Waals surface area contributed by atoms with Gasteiger partial charge in [0, 0.05) is 5.39 Å². The lowest BCUT2D eigenvalue weighted by molar-refractivity contribution is -0.141. The van der Waals surface area contributed by atoms with E-state index in [2.05, 4.69) is 15.4 Å². The molecule has 0 aliphatic heterocycles. The van der Waals surface area contributed by atoms with Crippen LogP contribution in [0.3, 0.4) is 0 Å². The summed E-state index contributed by atoms with van der Waals surface area (Å²) in [6.45, 7) is 3.60. The fourth-order valence-electron chi connectivity index (χ4n) is 2.50. The summed E-state index contributed by atoms with van der Waals surface area (Å²) in [5, 5.41) is 7.82. The van der Waals surface area contributed by atoms with Gasteiger partial charge in [0.15, 0.2) is 5.82 Å². The van der Waals surface area contributed by atoms with Crippen molar-refractivity contribution in [1.82, 2.24) is 20.1 Å². The van der Waals surface area contributed by atoms with Gasteiger partial charge >= 0.3 is 5.97 Å². The van der Waals surface area contributed by atoms with Gasteiger partial charge < -0.3 is 10.1 Å². The molecule has 25 heavy (non-hydrogen) atoms. The lowest BCUT2D eigenvalue weighted by atomic mass is 10.2. The third-order valence-electron chi connectivity index (χ3n) is 3.75. The second kappa shape index (κ2) is 7.12. The summed E-state index contributed by atoms with van der Waals surface area (Å²) in [6, 6.07) is 11.6. The molecule has 7 heteroatoms. The van der Waals surface area contributed by atoms with Gasteiger partial charge in [-0.1, -0.05) is 18.2 Å². The Morgan fingerprint density at radius 2 is 2.00 bits per heavy atom. The zero-order valence-electron chi connectivity index (χ0n) is 14.0. The summed E-state index contributed by atoms with van der Waals surface area (Å²) in [6.07, 6.45) is 1.46. The van der Waals surface area contributed by atoms with Crippen molar-refractivity contribution in [3.8, 4) is 5.82 Å². The highest BCUT2D eigenvalue weighted by Gasteiger charge is 2.16. The first-order valence-electron chi connectivity index (χ1n) is 7.94. The van der Waals surface area contributed by atoms with Crippen molar-refractivity contribution in [2.24, 2.45) is 0 Å². The second-order valence-electron chi connectivity index (χ2n) is 5.41. The van der Waals surface area contributed by atoms with Gasteiger partial charge in [-0.05, 0) is 32.0 Å². The molecule has 3 aromatic rings. The highest BCUT2D eigenvalue weighted by molar-refractivity contribution is 5.96. The molecule has 0 radical (unpaired) electrons. The van der Waals surface area contributed by atoms with Crippen LogP contribution in [0, 0.1) is 6.92 Å². The zero-order valence-corrected chi connectivity index (χ0v) is 14.0. The first-order chi connectivity index (χ1) is 12.1. The lowest BCUT2D eigenvalue weighted by Crippen LogP contribution is -2.30. The molecule has 3 rings (SSSR count). The molecule has 0 unspecified atom stereocenters. The highest BCUT2D eigenvalue weighted by Crippen LogP contribution is 2.17. The number of aromatic nitrogens is 3. The van der Waals surface area contributed by atoms with E-state index < -0.39 is 5.97 Å². The number of hydrogen-bond acceptors (Lipinski definition) is 5. The molecule has 2 aromatic heterocycles. The number of benzene rings is 1. The molecule has 0 fully saturated rings. The molecule has 1 aromatic carbocycles. The van der Waals surface area contributed by atoms with Gasteiger partial charge in [0.1, 0.15) is 6.54 Å². The van der Waals surface area contributed by atoms with Crippen LogP contribution in [0.5, 0.6) is 0 Å². The number of pyridine rings is 1. The number of carbonyl (C=O) groups excluding carboxylic acids is 2. The molecule has 0 bridgehead atoms. The van der Waals surface area contributed by atoms with Crippen LogP contribution in [0.25, 0.3) is 16.7 Å². The third kappa shape index (κ3) is 3.50. The summed E-state index contributed by atoms with van der Waals surface area (Å²) in [5.41, 5.74) is 1.88. The number of nitrogens with zero attached hydrogens (tertiary/aromatic N) is 3. The molecular formula is C18H18N4O3. The van der Waals surface area contributed by atoms with Crippen LogP contribution < -0.4 is 5.32 Å². The van der Waals surface area contributed by atoms with Crippen molar-refractivity contribution in [1.29, 1.82) is 0 Å². The van der Waals surface area contributed by atoms with Crippen molar-refractivity contribution in [2.45, 2.75) is 13.8 Å². The van der Waals surface area contributed by atoms with Gasteiger partial charge in [-0.3, -0.25) is 9.59 Å². The quantitative estimate of drug-likeness (QED) is 0.719. The van der Waals surface area contributed by atoms with Crippen LogP contribution >= 0.6 is 0 Å². The van der Waals surface area contributed by atoms with E-state index in [4.69, 9.17) is 4.74 Å². The molecule has 2 heterocycles. The van der Waals surface area contributed by atoms with Gasteiger partial charge in [0.2, 0.25) is 0 Å². The SMILES string of the molecule is CCOC(=O)CNC(=O)c1cnn(-c2ccc3ccccc3n2)c1C. The number of nitrogens with one attached hydrogen (secondary N) is 1. The lowest BCUT2D eigenvalue weighted by Gasteiger charge is -2.07. The van der Waals surface area contributed by atoms with Gasteiger partial charge in [-0.2, -0.15) is 5.10 Å². The molecular weight excluding hydrogens is 320 g/mol. The number of rotatable bonds is 5. The molecule has 128 valence electrons. The minimum absolute atomic E-state index is 0.175. The molecule has 7 nitrogen and oxygen atoms in total. The molecule has 0 saturated carbocycles. The first kappa shape index (κ1) is 16.6. The Hall–Kier alpha value is -3.22. The average Bonchev–Trinajstić information content (AvgIpc) is 3.01. The number of fused-ring (bicyclic) bond motifs is 1. The van der Waals surface area contributed by atoms with Crippen LogP contribution in [0.15, 0.2) is 42.6 Å². The van der Waals surface area contributed by atoms with Gasteiger partial charge in [-0.25, -0.2) is 9.67 Å². The molecule has 0 saturated heterocycles. The fourth-order valence-corrected chi connectivity index (χ4v) is 2.50. The van der Waals surface area contributed by atoms with E-state index in [0.717, 1.165) is 10.9 Å². The normalized spacial score (nSPS) is 10.6. The predicted molar refractivity (Wildman–Crippen MR) is 92.6 cm³/mol. The van der Waals surface area contributed by atoms with Crippen LogP contribution in [-0.2, 0) is 9.53 Å². The first-order valence-corrected chi connectivity index (χ1v) is 7.94. The van der Waals surface area contributed by atoms with Crippen LogP contribution in [0.1, 0.15) is 23.0 Å². The topological polar surface area (TPSA) is 86.1 Å². The second-order valence-corrected chi connectivity index (χ2v) is 5.41. The Kier molecular flexibility index (Phi) is 4.74. The number of ether oxygens (including phenoxy) is 1.